The highest BCUT2D eigenvalue weighted by Gasteiger charge is 1.99. The maximum Gasteiger partial charge on any atom is 0.335 e. The van der Waals surface area contributed by atoms with Gasteiger partial charge in [0.05, 0.1) is 18.3 Å². The minimum Gasteiger partial charge on any atom is -0.478 e. The van der Waals surface area contributed by atoms with Crippen molar-refractivity contribution in [2.24, 2.45) is 0 Å². The van der Waals surface area contributed by atoms with E-state index in [1.54, 1.807) is 12.1 Å². The Morgan fingerprint density at radius 1 is 1.22 bits per heavy atom. The lowest BCUT2D eigenvalue weighted by atomic mass is 10.1. The average molecular weight is 244 g/mol. The van der Waals surface area contributed by atoms with E-state index in [0.717, 1.165) is 0 Å². The molecule has 0 saturated heterocycles. The van der Waals surface area contributed by atoms with E-state index in [1.165, 1.54) is 12.1 Å². The molecular weight excluding hydrogens is 232 g/mol. The molecule has 0 radical (unpaired) electrons. The van der Waals surface area contributed by atoms with E-state index < -0.39 is 12.1 Å². The lowest BCUT2D eigenvalue weighted by Gasteiger charge is -1.97. The molecule has 1 rings (SSSR count). The number of hydrogen-bond acceptors (Lipinski definition) is 3. The van der Waals surface area contributed by atoms with Gasteiger partial charge in [-0.2, -0.15) is 0 Å². The Labute approximate surface area is 105 Å². The lowest BCUT2D eigenvalue weighted by Crippen LogP contribution is -2.09. The highest BCUT2D eigenvalue weighted by atomic mass is 16.4. The summed E-state index contributed by atoms with van der Waals surface area (Å²) in [6.07, 6.45) is -0.669. The molecule has 0 bridgehead atoms. The number of rotatable bonds is 3. The molecule has 0 aliphatic rings. The van der Waals surface area contributed by atoms with Crippen LogP contribution in [0.4, 0.5) is 0 Å². The van der Waals surface area contributed by atoms with Gasteiger partial charge in [-0.15, -0.1) is 0 Å². The van der Waals surface area contributed by atoms with Gasteiger partial charge < -0.3 is 15.3 Å². The van der Waals surface area contributed by atoms with Gasteiger partial charge in [-0.05, 0) is 36.1 Å². The van der Waals surface area contributed by atoms with E-state index >= 15 is 0 Å². The molecule has 3 N–H and O–H groups in total. The smallest absolute Gasteiger partial charge is 0.335 e. The Morgan fingerprint density at radius 2 is 1.89 bits per heavy atom. The zero-order valence-electron chi connectivity index (χ0n) is 9.55. The summed E-state index contributed by atoms with van der Waals surface area (Å²) in [5.74, 6) is 9.49. The second-order valence-electron chi connectivity index (χ2n) is 3.47. The van der Waals surface area contributed by atoms with Gasteiger partial charge in [-0.25, -0.2) is 4.79 Å². The van der Waals surface area contributed by atoms with Crippen molar-refractivity contribution in [1.82, 2.24) is 0 Å². The average Bonchev–Trinajstić information content (AvgIpc) is 2.38. The van der Waals surface area contributed by atoms with E-state index in [4.69, 9.17) is 15.3 Å². The first-order valence-corrected chi connectivity index (χ1v) is 5.24. The van der Waals surface area contributed by atoms with Crippen LogP contribution >= 0.6 is 0 Å². The summed E-state index contributed by atoms with van der Waals surface area (Å²) >= 11 is 0. The molecule has 0 heterocycles. The molecule has 92 valence electrons. The molecule has 0 spiro atoms. The third-order valence-corrected chi connectivity index (χ3v) is 2.04. The summed E-state index contributed by atoms with van der Waals surface area (Å²) in [5, 5.41) is 26.2. The fourth-order valence-electron chi connectivity index (χ4n) is 1.08. The van der Waals surface area contributed by atoms with Crippen LogP contribution in [0.1, 0.15) is 22.3 Å². The number of aliphatic hydroxyl groups excluding tert-OH is 2. The predicted octanol–water partition coefficient (Wildman–Crippen LogP) is 0.483. The fourth-order valence-corrected chi connectivity index (χ4v) is 1.08. The first-order chi connectivity index (χ1) is 8.63. The molecule has 0 aliphatic carbocycles. The van der Waals surface area contributed by atoms with E-state index in [1.807, 2.05) is 0 Å². The molecule has 0 unspecified atom stereocenters. The molecule has 0 aliphatic heterocycles. The third-order valence-electron chi connectivity index (χ3n) is 2.04. The molecular formula is C14H12O4. The SMILES string of the molecule is O=C(O)c1ccc(C#CC#CC[C@@H](O)CO)cc1. The minimum atomic E-state index is -0.979. The van der Waals surface area contributed by atoms with Crippen molar-refractivity contribution in [3.8, 4) is 23.7 Å². The molecule has 0 amide bonds. The molecule has 0 aromatic heterocycles. The highest BCUT2D eigenvalue weighted by molar-refractivity contribution is 5.87. The number of aromatic carboxylic acids is 1. The zero-order valence-corrected chi connectivity index (χ0v) is 9.55. The largest absolute Gasteiger partial charge is 0.478 e. The number of carboxylic acids is 1. The lowest BCUT2D eigenvalue weighted by molar-refractivity contribution is 0.0697. The van der Waals surface area contributed by atoms with Crippen LogP contribution in [0.25, 0.3) is 0 Å². The van der Waals surface area contributed by atoms with Crippen molar-refractivity contribution in [2.45, 2.75) is 12.5 Å². The van der Waals surface area contributed by atoms with Crippen molar-refractivity contribution in [2.75, 3.05) is 6.61 Å². The van der Waals surface area contributed by atoms with Crippen LogP contribution in [0.5, 0.6) is 0 Å². The molecule has 1 atom stereocenters. The van der Waals surface area contributed by atoms with Gasteiger partial charge >= 0.3 is 5.97 Å². The second kappa shape index (κ2) is 7.13. The van der Waals surface area contributed by atoms with Gasteiger partial charge in [0.1, 0.15) is 0 Å². The summed E-state index contributed by atoms with van der Waals surface area (Å²) in [5.41, 5.74) is 0.870. The van der Waals surface area contributed by atoms with Crippen molar-refractivity contribution in [1.29, 1.82) is 0 Å². The molecule has 4 heteroatoms. The van der Waals surface area contributed by atoms with Gasteiger partial charge in [0.2, 0.25) is 0 Å². The van der Waals surface area contributed by atoms with Crippen LogP contribution in [0, 0.1) is 23.7 Å². The van der Waals surface area contributed by atoms with E-state index in [2.05, 4.69) is 23.7 Å². The van der Waals surface area contributed by atoms with Crippen LogP contribution in [0.15, 0.2) is 24.3 Å². The van der Waals surface area contributed by atoms with Crippen LogP contribution in [0.2, 0.25) is 0 Å². The Hall–Kier alpha value is -2.27. The van der Waals surface area contributed by atoms with E-state index in [-0.39, 0.29) is 18.6 Å². The van der Waals surface area contributed by atoms with Gasteiger partial charge in [0.15, 0.2) is 0 Å². The van der Waals surface area contributed by atoms with Crippen molar-refractivity contribution < 1.29 is 20.1 Å². The van der Waals surface area contributed by atoms with Crippen molar-refractivity contribution in [3.63, 3.8) is 0 Å². The van der Waals surface area contributed by atoms with Crippen LogP contribution < -0.4 is 0 Å². The maximum atomic E-state index is 10.6. The zero-order chi connectivity index (χ0) is 13.4. The van der Waals surface area contributed by atoms with E-state index in [0.29, 0.717) is 5.56 Å². The number of aliphatic hydroxyl groups is 2. The highest BCUT2D eigenvalue weighted by Crippen LogP contribution is 2.02. The molecule has 1 aromatic rings. The summed E-state index contributed by atoms with van der Waals surface area (Å²) in [4.78, 5) is 10.6. The molecule has 0 saturated carbocycles. The van der Waals surface area contributed by atoms with Crippen molar-refractivity contribution >= 4 is 5.97 Å². The van der Waals surface area contributed by atoms with E-state index in [9.17, 15) is 4.79 Å². The standard InChI is InChI=1S/C14H12O4/c15-10-13(16)5-3-1-2-4-11-6-8-12(9-7-11)14(17)18/h6-9,13,15-16H,5,10H2,(H,17,18)/t13-/m1/s1. The third kappa shape index (κ3) is 4.71. The summed E-state index contributed by atoms with van der Waals surface area (Å²) in [7, 11) is 0. The Bertz CT molecular complexity index is 523. The molecule has 0 fully saturated rings. The maximum absolute atomic E-state index is 10.6. The monoisotopic (exact) mass is 244 g/mol. The summed E-state index contributed by atoms with van der Waals surface area (Å²) in [6.45, 7) is -0.321. The normalized spacial score (nSPS) is 10.6. The second-order valence-corrected chi connectivity index (χ2v) is 3.47. The first kappa shape index (κ1) is 13.8. The molecule has 18 heavy (non-hydrogen) atoms. The number of carboxylic acid groups (broad SMARTS) is 1. The molecule has 1 aromatic carbocycles. The summed E-state index contributed by atoms with van der Waals surface area (Å²) in [6, 6.07) is 6.13. The minimum absolute atomic E-state index is 0.170. The number of benzene rings is 1. The van der Waals surface area contributed by atoms with Crippen LogP contribution in [-0.4, -0.2) is 34.0 Å². The van der Waals surface area contributed by atoms with Gasteiger partial charge in [-0.1, -0.05) is 11.8 Å². The van der Waals surface area contributed by atoms with Gasteiger partial charge in [0, 0.05) is 12.0 Å². The van der Waals surface area contributed by atoms with Gasteiger partial charge in [0.25, 0.3) is 0 Å². The fraction of sp³-hybridized carbons (Fsp3) is 0.214. The Balaban J connectivity index is 2.60. The van der Waals surface area contributed by atoms with Gasteiger partial charge in [-0.3, -0.25) is 0 Å². The Morgan fingerprint density at radius 3 is 2.44 bits per heavy atom. The van der Waals surface area contributed by atoms with Crippen LogP contribution in [0.3, 0.4) is 0 Å². The first-order valence-electron chi connectivity index (χ1n) is 5.24. The quantitative estimate of drug-likeness (QED) is 0.676. The number of hydrogen-bond donors (Lipinski definition) is 3. The predicted molar refractivity (Wildman–Crippen MR) is 65.8 cm³/mol. The number of carbonyl (C=O) groups is 1. The topological polar surface area (TPSA) is 77.8 Å². The van der Waals surface area contributed by atoms with Crippen LogP contribution in [-0.2, 0) is 0 Å². The summed E-state index contributed by atoms with van der Waals surface area (Å²) < 4.78 is 0. The van der Waals surface area contributed by atoms with Crippen molar-refractivity contribution in [3.05, 3.63) is 35.4 Å². The Kier molecular flexibility index (Phi) is 5.47. The molecule has 4 nitrogen and oxygen atoms in total.